The van der Waals surface area contributed by atoms with Crippen LogP contribution in [0.25, 0.3) is 0 Å². The normalized spacial score (nSPS) is 29.5. The first-order valence-corrected chi connectivity index (χ1v) is 6.57. The van der Waals surface area contributed by atoms with Crippen molar-refractivity contribution < 1.29 is 58.9 Å². The summed E-state index contributed by atoms with van der Waals surface area (Å²) in [5.41, 5.74) is -3.12. The van der Waals surface area contributed by atoms with Gasteiger partial charge in [-0.1, -0.05) is 0 Å². The van der Waals surface area contributed by atoms with Crippen molar-refractivity contribution in [2.45, 2.75) is 23.9 Å². The smallest absolute Gasteiger partial charge is 0.362 e. The highest BCUT2D eigenvalue weighted by Crippen LogP contribution is 2.22. The van der Waals surface area contributed by atoms with E-state index < -0.39 is 74.0 Å². The topological polar surface area (TPSA) is 197 Å². The minimum atomic E-state index is -3.12. The van der Waals surface area contributed by atoms with Crippen LogP contribution < -0.4 is 0 Å². The van der Waals surface area contributed by atoms with Crippen molar-refractivity contribution in [2.24, 2.45) is 0 Å². The Morgan fingerprint density at radius 2 is 1.54 bits per heavy atom. The SMILES string of the molecule is O=C1OC(CO)(C(=O)C(O)CO)C(=O)OC(CO)C(=O)OC1CO. The summed E-state index contributed by atoms with van der Waals surface area (Å²) in [7, 11) is 0. The molecule has 5 N–H and O–H groups in total. The van der Waals surface area contributed by atoms with Crippen LogP contribution in [0.15, 0.2) is 0 Å². The van der Waals surface area contributed by atoms with Crippen LogP contribution in [-0.4, -0.2) is 99.6 Å². The van der Waals surface area contributed by atoms with E-state index in [1.54, 1.807) is 0 Å². The number of hydrogen-bond acceptors (Lipinski definition) is 12. The summed E-state index contributed by atoms with van der Waals surface area (Å²) in [6.45, 7) is -4.88. The number of Topliss-reactive ketones (excluding diaryl/α,β-unsaturated/α-hetero) is 1. The molecule has 0 saturated carbocycles. The Hall–Kier alpha value is -2.12. The molecular weight excluding hydrogens is 336 g/mol. The van der Waals surface area contributed by atoms with Crippen LogP contribution in [0.5, 0.6) is 0 Å². The summed E-state index contributed by atoms with van der Waals surface area (Å²) in [5, 5.41) is 45.7. The summed E-state index contributed by atoms with van der Waals surface area (Å²) in [5.74, 6) is -6.40. The molecule has 136 valence electrons. The number of carbonyl (C=O) groups excluding carboxylic acids is 4. The first kappa shape index (κ1) is 19.9. The van der Waals surface area contributed by atoms with Crippen molar-refractivity contribution in [3.8, 4) is 0 Å². The predicted molar refractivity (Wildman–Crippen MR) is 67.9 cm³/mol. The lowest BCUT2D eigenvalue weighted by Crippen LogP contribution is -2.59. The molecule has 12 heteroatoms. The molecule has 0 radical (unpaired) electrons. The minimum absolute atomic E-state index is 1.10. The van der Waals surface area contributed by atoms with E-state index >= 15 is 0 Å². The van der Waals surface area contributed by atoms with E-state index in [2.05, 4.69) is 14.2 Å². The number of hydrogen-bond donors (Lipinski definition) is 5. The summed E-state index contributed by atoms with van der Waals surface area (Å²) in [6.07, 6.45) is -6.19. The maximum atomic E-state index is 12.1. The molecule has 0 aromatic carbocycles. The molecule has 4 atom stereocenters. The van der Waals surface area contributed by atoms with Crippen molar-refractivity contribution in [3.05, 3.63) is 0 Å². The molecule has 1 rings (SSSR count). The average molecular weight is 352 g/mol. The molecule has 1 aliphatic rings. The van der Waals surface area contributed by atoms with Crippen molar-refractivity contribution >= 4 is 23.7 Å². The van der Waals surface area contributed by atoms with E-state index in [9.17, 15) is 29.4 Å². The lowest BCUT2D eigenvalue weighted by Gasteiger charge is -2.29. The molecule has 0 bridgehead atoms. The fraction of sp³-hybridized carbons (Fsp3) is 0.667. The molecule has 1 fully saturated rings. The molecule has 24 heavy (non-hydrogen) atoms. The van der Waals surface area contributed by atoms with Crippen LogP contribution >= 0.6 is 0 Å². The number of aliphatic hydroxyl groups is 5. The fourth-order valence-corrected chi connectivity index (χ4v) is 1.72. The van der Waals surface area contributed by atoms with Crippen LogP contribution in [0.2, 0.25) is 0 Å². The third kappa shape index (κ3) is 3.68. The molecule has 1 heterocycles. The van der Waals surface area contributed by atoms with Gasteiger partial charge in [0.05, 0.1) is 19.8 Å². The first-order chi connectivity index (χ1) is 11.3. The number of cyclic esters (lactones) is 3. The van der Waals surface area contributed by atoms with Gasteiger partial charge in [-0.15, -0.1) is 0 Å². The molecule has 0 aromatic heterocycles. The third-order valence-corrected chi connectivity index (χ3v) is 3.07. The summed E-state index contributed by atoms with van der Waals surface area (Å²) < 4.78 is 13.5. The van der Waals surface area contributed by atoms with Crippen LogP contribution in [0.4, 0.5) is 0 Å². The zero-order chi connectivity index (χ0) is 18.5. The van der Waals surface area contributed by atoms with Crippen LogP contribution in [0.1, 0.15) is 0 Å². The Bertz CT molecular complexity index is 514. The van der Waals surface area contributed by atoms with Gasteiger partial charge in [0.2, 0.25) is 18.0 Å². The van der Waals surface area contributed by atoms with Crippen LogP contribution in [0, 0.1) is 0 Å². The summed E-state index contributed by atoms with van der Waals surface area (Å²) in [4.78, 5) is 47.8. The molecule has 4 unspecified atom stereocenters. The second-order valence-corrected chi connectivity index (χ2v) is 4.65. The van der Waals surface area contributed by atoms with E-state index in [1.807, 2.05) is 0 Å². The number of ether oxygens (including phenoxy) is 3. The second kappa shape index (κ2) is 8.12. The van der Waals surface area contributed by atoms with Gasteiger partial charge in [0, 0.05) is 0 Å². The minimum Gasteiger partial charge on any atom is -0.445 e. The fourth-order valence-electron chi connectivity index (χ4n) is 1.72. The van der Waals surface area contributed by atoms with Gasteiger partial charge in [0.15, 0.2) is 0 Å². The van der Waals surface area contributed by atoms with Gasteiger partial charge in [0.1, 0.15) is 12.7 Å². The zero-order valence-corrected chi connectivity index (χ0v) is 12.2. The van der Waals surface area contributed by atoms with Crippen LogP contribution in [-0.2, 0) is 33.4 Å². The number of carbonyl (C=O) groups is 4. The standard InChI is InChI=1S/C12H16O12/c13-1-5(17)8(18)12(4-16)11(21)23-6(2-14)9(19)22-7(3-15)10(20)24-12/h5-7,13-17H,1-4H2. The largest absolute Gasteiger partial charge is 0.445 e. The Morgan fingerprint density at radius 3 is 2.00 bits per heavy atom. The van der Waals surface area contributed by atoms with Gasteiger partial charge >= 0.3 is 17.9 Å². The van der Waals surface area contributed by atoms with Gasteiger partial charge < -0.3 is 39.7 Å². The highest BCUT2D eigenvalue weighted by molar-refractivity contribution is 6.11. The zero-order valence-electron chi connectivity index (χ0n) is 12.2. The molecule has 0 spiro atoms. The molecule has 0 amide bonds. The Morgan fingerprint density at radius 1 is 1.00 bits per heavy atom. The van der Waals surface area contributed by atoms with Gasteiger partial charge in [-0.3, -0.25) is 4.79 Å². The molecule has 0 aromatic rings. The summed E-state index contributed by atoms with van der Waals surface area (Å²) >= 11 is 0. The molecule has 12 nitrogen and oxygen atoms in total. The highest BCUT2D eigenvalue weighted by Gasteiger charge is 2.56. The van der Waals surface area contributed by atoms with Gasteiger partial charge in [-0.05, 0) is 0 Å². The number of esters is 3. The number of aliphatic hydroxyl groups excluding tert-OH is 5. The Labute approximate surface area is 134 Å². The van der Waals surface area contributed by atoms with E-state index in [4.69, 9.17) is 15.3 Å². The van der Waals surface area contributed by atoms with Crippen molar-refractivity contribution in [2.75, 3.05) is 26.4 Å². The number of rotatable bonds is 6. The van der Waals surface area contributed by atoms with Crippen molar-refractivity contribution in [1.82, 2.24) is 0 Å². The molecular formula is C12H16O12. The quantitative estimate of drug-likeness (QED) is 0.174. The first-order valence-electron chi connectivity index (χ1n) is 6.57. The molecule has 1 saturated heterocycles. The van der Waals surface area contributed by atoms with E-state index in [0.717, 1.165) is 0 Å². The molecule has 0 aliphatic carbocycles. The predicted octanol–water partition coefficient (Wildman–Crippen LogP) is -5.00. The Balaban J connectivity index is 3.39. The van der Waals surface area contributed by atoms with Gasteiger partial charge in [0.25, 0.3) is 5.60 Å². The van der Waals surface area contributed by atoms with E-state index in [1.165, 1.54) is 0 Å². The lowest BCUT2D eigenvalue weighted by atomic mass is 9.94. The average Bonchev–Trinajstić information content (AvgIpc) is 2.62. The maximum absolute atomic E-state index is 12.1. The second-order valence-electron chi connectivity index (χ2n) is 4.65. The van der Waals surface area contributed by atoms with Crippen molar-refractivity contribution in [3.63, 3.8) is 0 Å². The van der Waals surface area contributed by atoms with Crippen molar-refractivity contribution in [1.29, 1.82) is 0 Å². The van der Waals surface area contributed by atoms with Crippen LogP contribution in [0.3, 0.4) is 0 Å². The monoisotopic (exact) mass is 352 g/mol. The number of ketones is 1. The third-order valence-electron chi connectivity index (χ3n) is 3.07. The van der Waals surface area contributed by atoms with Gasteiger partial charge in [-0.25, -0.2) is 14.4 Å². The Kier molecular flexibility index (Phi) is 6.74. The van der Waals surface area contributed by atoms with Gasteiger partial charge in [-0.2, -0.15) is 0 Å². The maximum Gasteiger partial charge on any atom is 0.362 e. The lowest BCUT2D eigenvalue weighted by molar-refractivity contribution is -0.197. The van der Waals surface area contributed by atoms with E-state index in [-0.39, 0.29) is 0 Å². The van der Waals surface area contributed by atoms with E-state index in [0.29, 0.717) is 0 Å². The molecule has 1 aliphatic heterocycles. The highest BCUT2D eigenvalue weighted by atomic mass is 16.7. The summed E-state index contributed by atoms with van der Waals surface area (Å²) in [6, 6.07) is 0.